The number of nitro benzene ring substituents is 1. The van der Waals surface area contributed by atoms with Crippen LogP contribution in [0.5, 0.6) is 5.75 Å². The van der Waals surface area contributed by atoms with Crippen LogP contribution in [0.15, 0.2) is 86.0 Å². The molecule has 0 bridgehead atoms. The molecule has 1 aliphatic heterocycles. The van der Waals surface area contributed by atoms with E-state index in [2.05, 4.69) is 26.2 Å². The zero-order chi connectivity index (χ0) is 25.2. The molecule has 1 amide bonds. The molecule has 0 aromatic heterocycles. The minimum Gasteiger partial charge on any atom is -0.378 e. The van der Waals surface area contributed by atoms with Crippen LogP contribution in [0.25, 0.3) is 6.08 Å². The van der Waals surface area contributed by atoms with Crippen LogP contribution in [0, 0.1) is 10.1 Å². The lowest BCUT2D eigenvalue weighted by Gasteiger charge is -2.09. The lowest BCUT2D eigenvalue weighted by atomic mass is 10.2. The summed E-state index contributed by atoms with van der Waals surface area (Å²) in [6.07, 6.45) is 1.62. The number of halogens is 2. The molecule has 0 saturated carbocycles. The molecule has 1 fully saturated rings. The van der Waals surface area contributed by atoms with E-state index in [1.54, 1.807) is 42.5 Å². The number of carbonyl (C=O) groups excluding carboxylic acids is 1. The van der Waals surface area contributed by atoms with Crippen LogP contribution in [-0.2, 0) is 14.9 Å². The molecule has 0 spiro atoms. The third-order valence-corrected chi connectivity index (χ3v) is 7.49. The number of amides is 1. The van der Waals surface area contributed by atoms with Gasteiger partial charge in [-0.25, -0.2) is 4.99 Å². The van der Waals surface area contributed by atoms with Crippen molar-refractivity contribution in [1.82, 2.24) is 5.32 Å². The highest BCUT2D eigenvalue weighted by Crippen LogP contribution is 2.33. The largest absolute Gasteiger partial charge is 0.378 e. The molecule has 178 valence electrons. The van der Waals surface area contributed by atoms with Crippen molar-refractivity contribution in [2.24, 2.45) is 4.99 Å². The first-order chi connectivity index (χ1) is 16.6. The van der Waals surface area contributed by atoms with Gasteiger partial charge in [-0.15, -0.1) is 0 Å². The Morgan fingerprint density at radius 2 is 1.86 bits per heavy atom. The number of non-ortho nitro benzene ring substituents is 1. The molecule has 1 N–H and O–H groups in total. The van der Waals surface area contributed by atoms with Gasteiger partial charge in [0.15, 0.2) is 10.9 Å². The van der Waals surface area contributed by atoms with Crippen molar-refractivity contribution in [3.8, 4) is 5.75 Å². The fourth-order valence-corrected chi connectivity index (χ4v) is 5.40. The number of carbonyl (C=O) groups is 1. The summed E-state index contributed by atoms with van der Waals surface area (Å²) in [5.74, 6) is -0.348. The van der Waals surface area contributed by atoms with E-state index in [0.29, 0.717) is 30.8 Å². The standard InChI is InChI=1S/C22H13BrClN3O6S2/c23-18-10-13(11-20-21(28)26-22(34-20)25-15-7-5-14(24)6-8-15)4-9-19(18)33-35(31,32)17-3-1-2-16(12-17)27(29)30/h1-12H,(H,25,26,28)/b20-11-. The van der Waals surface area contributed by atoms with Crippen LogP contribution < -0.4 is 9.50 Å². The molecule has 1 heterocycles. The quantitative estimate of drug-likeness (QED) is 0.169. The number of hydrogen-bond donors (Lipinski definition) is 1. The molecule has 35 heavy (non-hydrogen) atoms. The van der Waals surface area contributed by atoms with Crippen LogP contribution >= 0.6 is 39.3 Å². The van der Waals surface area contributed by atoms with E-state index >= 15 is 0 Å². The molecule has 4 rings (SSSR count). The normalized spacial score (nSPS) is 15.9. The van der Waals surface area contributed by atoms with E-state index in [1.165, 1.54) is 24.3 Å². The van der Waals surface area contributed by atoms with Gasteiger partial charge >= 0.3 is 10.1 Å². The topological polar surface area (TPSA) is 128 Å². The summed E-state index contributed by atoms with van der Waals surface area (Å²) in [5.41, 5.74) is 0.858. The van der Waals surface area contributed by atoms with Gasteiger partial charge in [0.1, 0.15) is 4.90 Å². The van der Waals surface area contributed by atoms with Crippen molar-refractivity contribution in [3.63, 3.8) is 0 Å². The van der Waals surface area contributed by atoms with E-state index in [4.69, 9.17) is 15.8 Å². The van der Waals surface area contributed by atoms with E-state index in [-0.39, 0.29) is 22.2 Å². The maximum absolute atomic E-state index is 12.6. The van der Waals surface area contributed by atoms with Gasteiger partial charge in [-0.3, -0.25) is 14.9 Å². The van der Waals surface area contributed by atoms with Crippen molar-refractivity contribution in [2.45, 2.75) is 4.90 Å². The molecule has 1 aliphatic rings. The van der Waals surface area contributed by atoms with E-state index < -0.39 is 15.0 Å². The van der Waals surface area contributed by atoms with E-state index in [1.807, 2.05) is 0 Å². The molecule has 9 nitrogen and oxygen atoms in total. The van der Waals surface area contributed by atoms with Gasteiger partial charge < -0.3 is 9.50 Å². The van der Waals surface area contributed by atoms with Gasteiger partial charge in [0.05, 0.1) is 20.0 Å². The number of thioether (sulfide) groups is 1. The van der Waals surface area contributed by atoms with Gasteiger partial charge in [-0.05, 0) is 81.8 Å². The molecule has 1 saturated heterocycles. The number of benzene rings is 3. The molecular formula is C22H13BrClN3O6S2. The molecule has 3 aromatic carbocycles. The van der Waals surface area contributed by atoms with Crippen molar-refractivity contribution in [1.29, 1.82) is 0 Å². The predicted octanol–water partition coefficient (Wildman–Crippen LogP) is 5.67. The molecule has 0 unspecified atom stereocenters. The molecule has 13 heteroatoms. The van der Waals surface area contributed by atoms with Gasteiger partial charge in [0.25, 0.3) is 11.6 Å². The number of rotatable bonds is 6. The van der Waals surface area contributed by atoms with Crippen molar-refractivity contribution < 1.29 is 22.3 Å². The molecule has 3 aromatic rings. The van der Waals surface area contributed by atoms with Gasteiger partial charge in [0, 0.05) is 17.2 Å². The Kier molecular flexibility index (Phi) is 7.26. The van der Waals surface area contributed by atoms with Crippen LogP contribution in [0.3, 0.4) is 0 Å². The Bertz CT molecular complexity index is 1510. The second-order valence-corrected chi connectivity index (χ2v) is 10.8. The van der Waals surface area contributed by atoms with Crippen molar-refractivity contribution >= 4 is 77.9 Å². The van der Waals surface area contributed by atoms with Gasteiger partial charge in [-0.2, -0.15) is 8.42 Å². The zero-order valence-corrected chi connectivity index (χ0v) is 21.3. The van der Waals surface area contributed by atoms with Gasteiger partial charge in [0.2, 0.25) is 0 Å². The minimum absolute atomic E-state index is 0.0211. The highest BCUT2D eigenvalue weighted by atomic mass is 79.9. The van der Waals surface area contributed by atoms with E-state index in [0.717, 1.165) is 17.8 Å². The summed E-state index contributed by atoms with van der Waals surface area (Å²) in [6.45, 7) is 0. The SMILES string of the molecule is O=C1NC(=Nc2ccc(Cl)cc2)S/C1=C\c1ccc(OS(=O)(=O)c2cccc([N+](=O)[O-])c2)c(Br)c1. The fraction of sp³-hybridized carbons (Fsp3) is 0. The summed E-state index contributed by atoms with van der Waals surface area (Å²) < 4.78 is 30.6. The summed E-state index contributed by atoms with van der Waals surface area (Å²) in [4.78, 5) is 27.0. The van der Waals surface area contributed by atoms with Crippen LogP contribution in [0.4, 0.5) is 11.4 Å². The Labute approximate surface area is 217 Å². The summed E-state index contributed by atoms with van der Waals surface area (Å²) >= 11 is 10.3. The predicted molar refractivity (Wildman–Crippen MR) is 137 cm³/mol. The Morgan fingerprint density at radius 3 is 2.54 bits per heavy atom. The highest BCUT2D eigenvalue weighted by molar-refractivity contribution is 9.10. The maximum atomic E-state index is 12.6. The molecule has 0 aliphatic carbocycles. The zero-order valence-electron chi connectivity index (χ0n) is 17.3. The van der Waals surface area contributed by atoms with Crippen molar-refractivity contribution in [3.05, 3.63) is 96.8 Å². The average Bonchev–Trinajstić information content (AvgIpc) is 3.15. The number of nitro groups is 1. The van der Waals surface area contributed by atoms with E-state index in [9.17, 15) is 23.3 Å². The Balaban J connectivity index is 1.52. The average molecular weight is 595 g/mol. The number of nitrogens with zero attached hydrogens (tertiary/aromatic N) is 2. The first-order valence-electron chi connectivity index (χ1n) is 9.64. The number of amidine groups is 1. The number of hydrogen-bond acceptors (Lipinski definition) is 8. The molecular weight excluding hydrogens is 582 g/mol. The second-order valence-electron chi connectivity index (χ2n) is 6.94. The van der Waals surface area contributed by atoms with Gasteiger partial charge in [-0.1, -0.05) is 23.7 Å². The Morgan fingerprint density at radius 1 is 1.11 bits per heavy atom. The highest BCUT2D eigenvalue weighted by Gasteiger charge is 2.24. The first kappa shape index (κ1) is 24.9. The minimum atomic E-state index is -4.32. The lowest BCUT2D eigenvalue weighted by Crippen LogP contribution is -2.19. The smallest absolute Gasteiger partial charge is 0.339 e. The monoisotopic (exact) mass is 593 g/mol. The number of nitrogens with one attached hydrogen (secondary N) is 1. The second kappa shape index (κ2) is 10.2. The van der Waals surface area contributed by atoms with Crippen molar-refractivity contribution in [2.75, 3.05) is 0 Å². The summed E-state index contributed by atoms with van der Waals surface area (Å²) in [7, 11) is -4.32. The van der Waals surface area contributed by atoms with Crippen LogP contribution in [0.2, 0.25) is 5.02 Å². The third-order valence-electron chi connectivity index (χ3n) is 4.48. The first-order valence-corrected chi connectivity index (χ1v) is 13.0. The van der Waals surface area contributed by atoms with Crippen LogP contribution in [-0.4, -0.2) is 24.4 Å². The Hall–Kier alpha value is -3.19. The number of aliphatic imine (C=N–C) groups is 1. The maximum Gasteiger partial charge on any atom is 0.339 e. The fourth-order valence-electron chi connectivity index (χ4n) is 2.86. The van der Waals surface area contributed by atoms with Crippen LogP contribution in [0.1, 0.15) is 5.56 Å². The third kappa shape index (κ3) is 6.09. The molecule has 0 atom stereocenters. The molecule has 0 radical (unpaired) electrons. The lowest BCUT2D eigenvalue weighted by molar-refractivity contribution is -0.385. The summed E-state index contributed by atoms with van der Waals surface area (Å²) in [5, 5.41) is 14.6. The summed E-state index contributed by atoms with van der Waals surface area (Å²) in [6, 6.07) is 15.9.